The number of rotatable bonds is 1. The molecule has 0 unspecified atom stereocenters. The van der Waals surface area contributed by atoms with E-state index in [4.69, 9.17) is 10.5 Å². The van der Waals surface area contributed by atoms with E-state index < -0.39 is 17.2 Å². The van der Waals surface area contributed by atoms with Crippen LogP contribution in [-0.4, -0.2) is 6.61 Å². The Morgan fingerprint density at radius 2 is 2.07 bits per heavy atom. The molecule has 2 nitrogen and oxygen atoms in total. The van der Waals surface area contributed by atoms with Crippen molar-refractivity contribution < 1.29 is 13.5 Å². The number of hydrogen-bond donors (Lipinski definition) is 1. The van der Waals surface area contributed by atoms with Crippen molar-refractivity contribution in [3.8, 4) is 5.75 Å². The zero-order valence-electron chi connectivity index (χ0n) is 8.73. The number of fused-ring (bicyclic) bond motifs is 1. The molecule has 1 heterocycles. The first-order valence-electron chi connectivity index (χ1n) is 4.84. The Balaban J connectivity index is 2.67. The summed E-state index contributed by atoms with van der Waals surface area (Å²) in [4.78, 5) is 0. The second-order valence-electron chi connectivity index (χ2n) is 4.34. The predicted molar refractivity (Wildman–Crippen MR) is 52.8 cm³/mol. The second-order valence-corrected chi connectivity index (χ2v) is 4.34. The summed E-state index contributed by atoms with van der Waals surface area (Å²) in [5.41, 5.74) is 5.08. The standard InChI is InChI=1S/C11H13F2NO/c1-11(2,14)9-7(12)5-8-6(10(9)13)3-4-15-8/h5H,3-4,14H2,1-2H3. The highest BCUT2D eigenvalue weighted by Crippen LogP contribution is 2.35. The van der Waals surface area contributed by atoms with Gasteiger partial charge < -0.3 is 10.5 Å². The number of hydrogen-bond acceptors (Lipinski definition) is 2. The first-order chi connectivity index (χ1) is 6.91. The topological polar surface area (TPSA) is 35.2 Å². The lowest BCUT2D eigenvalue weighted by Gasteiger charge is -2.21. The van der Waals surface area contributed by atoms with Crippen LogP contribution in [0.15, 0.2) is 6.07 Å². The molecule has 1 aromatic rings. The lowest BCUT2D eigenvalue weighted by Crippen LogP contribution is -2.31. The number of ether oxygens (including phenoxy) is 1. The largest absolute Gasteiger partial charge is 0.493 e. The zero-order chi connectivity index (χ0) is 11.2. The summed E-state index contributed by atoms with van der Waals surface area (Å²) in [5, 5.41) is 0. The molecule has 2 N–H and O–H groups in total. The average Bonchev–Trinajstić information content (AvgIpc) is 2.48. The maximum Gasteiger partial charge on any atom is 0.138 e. The molecule has 0 saturated heterocycles. The fourth-order valence-electron chi connectivity index (χ4n) is 1.85. The molecule has 1 aliphatic heterocycles. The number of benzene rings is 1. The molecule has 2 rings (SSSR count). The lowest BCUT2D eigenvalue weighted by atomic mass is 9.92. The van der Waals surface area contributed by atoms with Gasteiger partial charge >= 0.3 is 0 Å². The number of halogens is 2. The average molecular weight is 213 g/mol. The summed E-state index contributed by atoms with van der Waals surface area (Å²) < 4.78 is 32.6. The van der Waals surface area contributed by atoms with E-state index in [2.05, 4.69) is 0 Å². The van der Waals surface area contributed by atoms with Crippen LogP contribution in [0, 0.1) is 11.6 Å². The molecule has 4 heteroatoms. The Labute approximate surface area is 87.0 Å². The first-order valence-corrected chi connectivity index (χ1v) is 4.84. The van der Waals surface area contributed by atoms with Crippen molar-refractivity contribution in [1.82, 2.24) is 0 Å². The van der Waals surface area contributed by atoms with Crippen LogP contribution in [-0.2, 0) is 12.0 Å². The van der Waals surface area contributed by atoms with Gasteiger partial charge in [0.2, 0.25) is 0 Å². The van der Waals surface area contributed by atoms with Gasteiger partial charge in [-0.25, -0.2) is 8.78 Å². The Bertz CT molecular complexity index is 410. The van der Waals surface area contributed by atoms with Crippen LogP contribution in [0.25, 0.3) is 0 Å². The van der Waals surface area contributed by atoms with Gasteiger partial charge in [0.25, 0.3) is 0 Å². The number of nitrogens with two attached hydrogens (primary N) is 1. The third-order valence-corrected chi connectivity index (χ3v) is 2.53. The quantitative estimate of drug-likeness (QED) is 0.775. The maximum atomic E-state index is 13.9. The summed E-state index contributed by atoms with van der Waals surface area (Å²) in [6.07, 6.45) is 0.477. The van der Waals surface area contributed by atoms with Gasteiger partial charge in [-0.1, -0.05) is 0 Å². The van der Waals surface area contributed by atoms with Gasteiger partial charge in [-0.05, 0) is 13.8 Å². The van der Waals surface area contributed by atoms with Gasteiger partial charge in [-0.3, -0.25) is 0 Å². The fraction of sp³-hybridized carbons (Fsp3) is 0.455. The van der Waals surface area contributed by atoms with Gasteiger partial charge in [0.1, 0.15) is 17.4 Å². The smallest absolute Gasteiger partial charge is 0.138 e. The first kappa shape index (κ1) is 10.4. The highest BCUT2D eigenvalue weighted by atomic mass is 19.1. The molecule has 82 valence electrons. The van der Waals surface area contributed by atoms with E-state index >= 15 is 0 Å². The van der Waals surface area contributed by atoms with Gasteiger partial charge in [-0.15, -0.1) is 0 Å². The molecule has 15 heavy (non-hydrogen) atoms. The summed E-state index contributed by atoms with van der Waals surface area (Å²) in [7, 11) is 0. The van der Waals surface area contributed by atoms with Crippen molar-refractivity contribution in [2.75, 3.05) is 6.61 Å². The molecule has 0 amide bonds. The predicted octanol–water partition coefficient (Wildman–Crippen LogP) is 2.09. The minimum atomic E-state index is -1.02. The van der Waals surface area contributed by atoms with Crippen molar-refractivity contribution in [2.45, 2.75) is 25.8 Å². The zero-order valence-corrected chi connectivity index (χ0v) is 8.73. The summed E-state index contributed by atoms with van der Waals surface area (Å²) in [6, 6.07) is 1.22. The molecule has 0 radical (unpaired) electrons. The van der Waals surface area contributed by atoms with E-state index in [0.717, 1.165) is 0 Å². The SMILES string of the molecule is CC(C)(N)c1c(F)cc2c(c1F)CCO2. The van der Waals surface area contributed by atoms with E-state index in [1.54, 1.807) is 13.8 Å². The van der Waals surface area contributed by atoms with Crippen molar-refractivity contribution in [3.63, 3.8) is 0 Å². The van der Waals surface area contributed by atoms with Crippen LogP contribution >= 0.6 is 0 Å². The monoisotopic (exact) mass is 213 g/mol. The van der Waals surface area contributed by atoms with E-state index in [1.165, 1.54) is 6.07 Å². The Morgan fingerprint density at radius 3 is 2.67 bits per heavy atom. The van der Waals surface area contributed by atoms with Crippen LogP contribution in [0.2, 0.25) is 0 Å². The third-order valence-electron chi connectivity index (χ3n) is 2.53. The highest BCUT2D eigenvalue weighted by molar-refractivity contribution is 5.44. The molecular formula is C11H13F2NO. The minimum absolute atomic E-state index is 0.0632. The minimum Gasteiger partial charge on any atom is -0.493 e. The van der Waals surface area contributed by atoms with Crippen molar-refractivity contribution >= 4 is 0 Å². The highest BCUT2D eigenvalue weighted by Gasteiger charge is 2.29. The summed E-state index contributed by atoms with van der Waals surface area (Å²) in [5.74, 6) is -0.895. The summed E-state index contributed by atoms with van der Waals surface area (Å²) >= 11 is 0. The van der Waals surface area contributed by atoms with Crippen LogP contribution < -0.4 is 10.5 Å². The Morgan fingerprint density at radius 1 is 1.40 bits per heavy atom. The molecule has 0 aliphatic carbocycles. The van der Waals surface area contributed by atoms with E-state index in [0.29, 0.717) is 24.3 Å². The molecule has 0 atom stereocenters. The second kappa shape index (κ2) is 3.17. The van der Waals surface area contributed by atoms with Crippen LogP contribution in [0.3, 0.4) is 0 Å². The third kappa shape index (κ3) is 1.59. The van der Waals surface area contributed by atoms with E-state index in [-0.39, 0.29) is 5.56 Å². The normalized spacial score (nSPS) is 15.0. The van der Waals surface area contributed by atoms with Crippen molar-refractivity contribution in [2.24, 2.45) is 5.73 Å². The van der Waals surface area contributed by atoms with Gasteiger partial charge in [0, 0.05) is 29.2 Å². The van der Waals surface area contributed by atoms with E-state index in [9.17, 15) is 8.78 Å². The van der Waals surface area contributed by atoms with Crippen LogP contribution in [0.5, 0.6) is 5.75 Å². The molecule has 0 spiro atoms. The molecular weight excluding hydrogens is 200 g/mol. The van der Waals surface area contributed by atoms with Gasteiger partial charge in [-0.2, -0.15) is 0 Å². The van der Waals surface area contributed by atoms with Gasteiger partial charge in [0.15, 0.2) is 0 Å². The molecule has 0 fully saturated rings. The molecule has 0 bridgehead atoms. The van der Waals surface area contributed by atoms with Crippen molar-refractivity contribution in [3.05, 3.63) is 28.8 Å². The lowest BCUT2D eigenvalue weighted by molar-refractivity contribution is 0.354. The maximum absolute atomic E-state index is 13.9. The Kier molecular flexibility index (Phi) is 2.19. The van der Waals surface area contributed by atoms with E-state index in [1.807, 2.05) is 0 Å². The van der Waals surface area contributed by atoms with Crippen LogP contribution in [0.4, 0.5) is 8.78 Å². The molecule has 1 aliphatic rings. The van der Waals surface area contributed by atoms with Gasteiger partial charge in [0.05, 0.1) is 6.61 Å². The summed E-state index contributed by atoms with van der Waals surface area (Å²) in [6.45, 7) is 3.56. The fourth-order valence-corrected chi connectivity index (χ4v) is 1.85. The molecule has 0 saturated carbocycles. The van der Waals surface area contributed by atoms with Crippen molar-refractivity contribution in [1.29, 1.82) is 0 Å². The molecule has 0 aromatic heterocycles. The molecule has 1 aromatic carbocycles. The van der Waals surface area contributed by atoms with Crippen LogP contribution in [0.1, 0.15) is 25.0 Å². The Hall–Kier alpha value is -1.16.